The molecule has 0 aliphatic carbocycles. The molecule has 1 unspecified atom stereocenters. The Hall–Kier alpha value is -0.960. The van der Waals surface area contributed by atoms with Gasteiger partial charge in [0.15, 0.2) is 9.84 Å². The number of rotatable bonds is 6. The summed E-state index contributed by atoms with van der Waals surface area (Å²) in [5.74, 6) is -0.118. The minimum absolute atomic E-state index is 0.0468. The highest BCUT2D eigenvalue weighted by Gasteiger charge is 2.27. The minimum Gasteiger partial charge on any atom is -0.389 e. The summed E-state index contributed by atoms with van der Waals surface area (Å²) in [6.45, 7) is 5.00. The maximum atomic E-state index is 12.1. The van der Waals surface area contributed by atoms with Crippen LogP contribution in [0.5, 0.6) is 0 Å². The van der Waals surface area contributed by atoms with Gasteiger partial charge in [0.1, 0.15) is 0 Å². The minimum atomic E-state index is -3.79. The highest BCUT2D eigenvalue weighted by atomic mass is 32.2. The molecule has 0 radical (unpaired) electrons. The van der Waals surface area contributed by atoms with Gasteiger partial charge in [-0.3, -0.25) is 0 Å². The molecule has 2 N–H and O–H groups in total. The lowest BCUT2D eigenvalue weighted by atomic mass is 9.93. The van der Waals surface area contributed by atoms with E-state index in [9.17, 15) is 21.9 Å². The van der Waals surface area contributed by atoms with Crippen molar-refractivity contribution in [2.45, 2.75) is 36.2 Å². The van der Waals surface area contributed by atoms with E-state index in [-0.39, 0.29) is 22.3 Å². The van der Waals surface area contributed by atoms with E-state index in [1.165, 1.54) is 24.3 Å². The second kappa shape index (κ2) is 6.04. The Balaban J connectivity index is 2.94. The Kier molecular flexibility index (Phi) is 5.20. The Morgan fingerprint density at radius 3 is 1.90 bits per heavy atom. The van der Waals surface area contributed by atoms with E-state index >= 15 is 0 Å². The van der Waals surface area contributed by atoms with Gasteiger partial charge in [0.2, 0.25) is 10.0 Å². The number of sulfone groups is 1. The molecule has 0 aromatic heterocycles. The fourth-order valence-electron chi connectivity index (χ4n) is 1.39. The van der Waals surface area contributed by atoms with E-state index in [1.54, 1.807) is 20.8 Å². The van der Waals surface area contributed by atoms with Crippen molar-refractivity contribution in [1.29, 1.82) is 0 Å². The smallest absolute Gasteiger partial charge is 0.240 e. The summed E-state index contributed by atoms with van der Waals surface area (Å²) in [6.07, 6.45) is 1.05. The molecule has 1 aromatic carbocycles. The average Bonchev–Trinajstić information content (AvgIpc) is 2.36. The van der Waals surface area contributed by atoms with Crippen LogP contribution in [0.15, 0.2) is 34.1 Å². The third kappa shape index (κ3) is 4.77. The summed E-state index contributed by atoms with van der Waals surface area (Å²) < 4.78 is 49.2. The van der Waals surface area contributed by atoms with Crippen LogP contribution in [0.1, 0.15) is 20.8 Å². The molecule has 1 atom stereocenters. The summed E-state index contributed by atoms with van der Waals surface area (Å²) in [6, 6.07) is 4.93. The Labute approximate surface area is 126 Å². The van der Waals surface area contributed by atoms with Crippen LogP contribution in [0.2, 0.25) is 0 Å². The molecule has 0 saturated heterocycles. The van der Waals surface area contributed by atoms with Gasteiger partial charge in [-0.05, 0) is 37.1 Å². The van der Waals surface area contributed by atoms with E-state index in [4.69, 9.17) is 0 Å². The van der Waals surface area contributed by atoms with Crippen molar-refractivity contribution in [2.24, 2.45) is 5.92 Å². The number of benzene rings is 1. The summed E-state index contributed by atoms with van der Waals surface area (Å²) in [7, 11) is -7.16. The summed E-state index contributed by atoms with van der Waals surface area (Å²) in [4.78, 5) is 0.00471. The van der Waals surface area contributed by atoms with Gasteiger partial charge in [-0.15, -0.1) is 0 Å². The van der Waals surface area contributed by atoms with E-state index in [0.29, 0.717) is 0 Å². The predicted molar refractivity (Wildman–Crippen MR) is 80.2 cm³/mol. The lowest BCUT2D eigenvalue weighted by Gasteiger charge is -2.27. The molecule has 0 fully saturated rings. The number of sulfonamides is 1. The molecular formula is C13H21NO5S2. The second-order valence-electron chi connectivity index (χ2n) is 5.58. The van der Waals surface area contributed by atoms with Gasteiger partial charge in [0, 0.05) is 12.8 Å². The van der Waals surface area contributed by atoms with Crippen molar-refractivity contribution in [2.75, 3.05) is 12.8 Å². The standard InChI is InChI=1S/C13H21NO5S2/c1-10(2)13(3,15)9-14-21(18,19)12-7-5-11(6-8-12)20(4,16)17/h5-8,10,14-15H,9H2,1-4H3. The topological polar surface area (TPSA) is 101 Å². The van der Waals surface area contributed by atoms with E-state index < -0.39 is 25.5 Å². The van der Waals surface area contributed by atoms with Gasteiger partial charge in [-0.1, -0.05) is 13.8 Å². The van der Waals surface area contributed by atoms with Crippen LogP contribution in [-0.4, -0.2) is 40.3 Å². The maximum absolute atomic E-state index is 12.1. The molecule has 8 heteroatoms. The van der Waals surface area contributed by atoms with Gasteiger partial charge < -0.3 is 5.11 Å². The zero-order valence-electron chi connectivity index (χ0n) is 12.5. The quantitative estimate of drug-likeness (QED) is 0.800. The number of hydrogen-bond donors (Lipinski definition) is 2. The van der Waals surface area contributed by atoms with Crippen LogP contribution in [0, 0.1) is 5.92 Å². The monoisotopic (exact) mass is 335 g/mol. The lowest BCUT2D eigenvalue weighted by Crippen LogP contribution is -2.44. The largest absolute Gasteiger partial charge is 0.389 e. The number of nitrogens with one attached hydrogen (secondary N) is 1. The third-order valence-corrected chi connectivity index (χ3v) is 5.97. The Morgan fingerprint density at radius 2 is 1.52 bits per heavy atom. The lowest BCUT2D eigenvalue weighted by molar-refractivity contribution is 0.0190. The molecule has 6 nitrogen and oxygen atoms in total. The fraction of sp³-hybridized carbons (Fsp3) is 0.538. The first kappa shape index (κ1) is 18.1. The van der Waals surface area contributed by atoms with Crippen LogP contribution < -0.4 is 4.72 Å². The van der Waals surface area contributed by atoms with Crippen LogP contribution in [0.3, 0.4) is 0 Å². The van der Waals surface area contributed by atoms with Gasteiger partial charge in [0.05, 0.1) is 15.4 Å². The normalized spacial score (nSPS) is 15.9. The van der Waals surface area contributed by atoms with Crippen molar-refractivity contribution < 1.29 is 21.9 Å². The summed E-state index contributed by atoms with van der Waals surface area (Å²) >= 11 is 0. The molecule has 0 saturated carbocycles. The van der Waals surface area contributed by atoms with Gasteiger partial charge in [0.25, 0.3) is 0 Å². The molecule has 1 aromatic rings. The average molecular weight is 335 g/mol. The molecule has 0 spiro atoms. The first-order chi connectivity index (χ1) is 9.36. The van der Waals surface area contributed by atoms with Crippen molar-refractivity contribution in [3.63, 3.8) is 0 Å². The van der Waals surface area contributed by atoms with Crippen LogP contribution in [0.4, 0.5) is 0 Å². The third-order valence-electron chi connectivity index (χ3n) is 3.43. The Morgan fingerprint density at radius 1 is 1.10 bits per heavy atom. The highest BCUT2D eigenvalue weighted by Crippen LogP contribution is 2.17. The molecule has 0 aliphatic heterocycles. The fourth-order valence-corrected chi connectivity index (χ4v) is 3.17. The molecule has 1 rings (SSSR count). The van der Waals surface area contributed by atoms with Crippen molar-refractivity contribution in [1.82, 2.24) is 4.72 Å². The first-order valence-electron chi connectivity index (χ1n) is 6.38. The highest BCUT2D eigenvalue weighted by molar-refractivity contribution is 7.90. The van der Waals surface area contributed by atoms with Crippen LogP contribution >= 0.6 is 0 Å². The molecule has 0 aliphatic rings. The second-order valence-corrected chi connectivity index (χ2v) is 9.36. The van der Waals surface area contributed by atoms with Gasteiger partial charge in [-0.2, -0.15) is 0 Å². The van der Waals surface area contributed by atoms with Crippen LogP contribution in [-0.2, 0) is 19.9 Å². The zero-order chi connectivity index (χ0) is 16.5. The van der Waals surface area contributed by atoms with Gasteiger partial charge >= 0.3 is 0 Å². The van der Waals surface area contributed by atoms with Gasteiger partial charge in [-0.25, -0.2) is 21.6 Å². The Bertz CT molecular complexity index is 689. The van der Waals surface area contributed by atoms with E-state index in [0.717, 1.165) is 6.26 Å². The first-order valence-corrected chi connectivity index (χ1v) is 9.76. The van der Waals surface area contributed by atoms with E-state index in [1.807, 2.05) is 0 Å². The zero-order valence-corrected chi connectivity index (χ0v) is 14.1. The SMILES string of the molecule is CC(C)C(C)(O)CNS(=O)(=O)c1ccc(S(C)(=O)=O)cc1. The molecule has 120 valence electrons. The number of aliphatic hydroxyl groups is 1. The molecule has 0 amide bonds. The maximum Gasteiger partial charge on any atom is 0.240 e. The van der Waals surface area contributed by atoms with Crippen LogP contribution in [0.25, 0.3) is 0 Å². The molecule has 21 heavy (non-hydrogen) atoms. The molecule has 0 heterocycles. The molecular weight excluding hydrogens is 314 g/mol. The summed E-state index contributed by atoms with van der Waals surface area (Å²) in [5, 5.41) is 10.0. The van der Waals surface area contributed by atoms with Crippen molar-refractivity contribution in [3.05, 3.63) is 24.3 Å². The predicted octanol–water partition coefficient (Wildman–Crippen LogP) is 0.775. The van der Waals surface area contributed by atoms with Crippen molar-refractivity contribution >= 4 is 19.9 Å². The van der Waals surface area contributed by atoms with Crippen molar-refractivity contribution in [3.8, 4) is 0 Å². The number of hydrogen-bond acceptors (Lipinski definition) is 5. The van der Waals surface area contributed by atoms with E-state index in [2.05, 4.69) is 4.72 Å². The molecule has 0 bridgehead atoms. The summed E-state index contributed by atoms with van der Waals surface area (Å²) in [5.41, 5.74) is -1.17.